The normalized spacial score (nSPS) is 10.8. The van der Waals surface area contributed by atoms with Gasteiger partial charge in [-0.1, -0.05) is 41.2 Å². The second kappa shape index (κ2) is 13.4. The first-order chi connectivity index (χ1) is 11.6. The highest BCUT2D eigenvalue weighted by Crippen LogP contribution is 2.25. The van der Waals surface area contributed by atoms with Crippen molar-refractivity contribution in [2.24, 2.45) is 16.3 Å². The maximum absolute atomic E-state index is 8.00. The van der Waals surface area contributed by atoms with Gasteiger partial charge in [-0.15, -0.1) is 11.3 Å². The summed E-state index contributed by atoms with van der Waals surface area (Å²) in [5.41, 5.74) is 1.04. The molecular formula is C19H33N3O2S. The molecule has 1 aromatic heterocycles. The van der Waals surface area contributed by atoms with E-state index in [0.29, 0.717) is 12.5 Å². The number of anilines is 1. The number of allylic oxidation sites excluding steroid dienone is 2. The highest BCUT2D eigenvalue weighted by Gasteiger charge is 2.17. The van der Waals surface area contributed by atoms with Gasteiger partial charge in [0.1, 0.15) is 12.5 Å². The zero-order valence-electron chi connectivity index (χ0n) is 16.7. The first kappa shape index (κ1) is 25.3. The van der Waals surface area contributed by atoms with Gasteiger partial charge in [0.15, 0.2) is 5.13 Å². The molecule has 0 spiro atoms. The van der Waals surface area contributed by atoms with Gasteiger partial charge < -0.3 is 14.8 Å². The van der Waals surface area contributed by atoms with Crippen LogP contribution in [0, 0.1) is 18.3 Å². The smallest absolute Gasteiger partial charge is 0.187 e. The van der Waals surface area contributed by atoms with Crippen LogP contribution >= 0.6 is 11.3 Å². The first-order valence-electron chi connectivity index (χ1n) is 8.08. The number of ether oxygens (including phenoxy) is 1. The highest BCUT2D eigenvalue weighted by molar-refractivity contribution is 7.15. The largest absolute Gasteiger partial charge is 0.496 e. The Kier molecular flexibility index (Phi) is 13.5. The monoisotopic (exact) mass is 367 g/mol. The van der Waals surface area contributed by atoms with Gasteiger partial charge in [-0.05, 0) is 26.5 Å². The lowest BCUT2D eigenvalue weighted by Gasteiger charge is -2.21. The predicted octanol–water partition coefficient (Wildman–Crippen LogP) is 5.46. The number of nitrogens with one attached hydrogen (secondary N) is 1. The molecule has 0 radical (unpaired) electrons. The van der Waals surface area contributed by atoms with E-state index in [0.717, 1.165) is 16.6 Å². The molecule has 0 fully saturated rings. The van der Waals surface area contributed by atoms with E-state index in [9.17, 15) is 0 Å². The number of aliphatic imine (C=N–C) groups is 1. The highest BCUT2D eigenvalue weighted by atomic mass is 32.1. The van der Waals surface area contributed by atoms with E-state index < -0.39 is 0 Å². The van der Waals surface area contributed by atoms with Crippen molar-refractivity contribution in [1.82, 2.24) is 4.98 Å². The fourth-order valence-electron chi connectivity index (χ4n) is 1.38. The number of nitrogens with zero attached hydrogens (tertiary/aromatic N) is 2. The Hall–Kier alpha value is -1.95. The number of hydrogen-bond acceptors (Lipinski definition) is 6. The van der Waals surface area contributed by atoms with Crippen LogP contribution in [0.1, 0.15) is 46.4 Å². The van der Waals surface area contributed by atoms with E-state index in [4.69, 9.17) is 9.53 Å². The Morgan fingerprint density at radius 1 is 1.44 bits per heavy atom. The van der Waals surface area contributed by atoms with E-state index in [1.165, 1.54) is 4.88 Å². The molecule has 0 aliphatic carbocycles. The van der Waals surface area contributed by atoms with Crippen molar-refractivity contribution in [2.45, 2.75) is 48.5 Å². The van der Waals surface area contributed by atoms with E-state index in [1.807, 2.05) is 26.8 Å². The second-order valence-corrected chi connectivity index (χ2v) is 7.67. The standard InChI is InChI=1S/C9H14N2S.C9H17NO.CH2O/c1-6(2)8(4)11-9-10-5-7(3)12-9;1-6-11-8(7-10-5)9(2,3)4;1-2/h5-6H,4H2,1-3H3,(H,10,11);7H,5-6H2,1-4H3;1H2/b;8-7-;. The molecule has 25 heavy (non-hydrogen) atoms. The molecule has 1 N–H and O–H groups in total. The van der Waals surface area contributed by atoms with Crippen LogP contribution < -0.4 is 5.32 Å². The van der Waals surface area contributed by atoms with E-state index in [1.54, 1.807) is 17.5 Å². The topological polar surface area (TPSA) is 63.6 Å². The average molecular weight is 368 g/mol. The third kappa shape index (κ3) is 12.1. The fraction of sp³-hybridized carbons (Fsp3) is 0.526. The van der Waals surface area contributed by atoms with Gasteiger partial charge in [-0.3, -0.25) is 4.99 Å². The summed E-state index contributed by atoms with van der Waals surface area (Å²) in [5.74, 6) is 1.34. The van der Waals surface area contributed by atoms with Crippen molar-refractivity contribution in [3.05, 3.63) is 35.3 Å². The van der Waals surface area contributed by atoms with E-state index >= 15 is 0 Å². The summed E-state index contributed by atoms with van der Waals surface area (Å²) >= 11 is 1.65. The molecule has 0 saturated heterocycles. The minimum Gasteiger partial charge on any atom is -0.496 e. The lowest BCUT2D eigenvalue weighted by Crippen LogP contribution is -2.12. The summed E-state index contributed by atoms with van der Waals surface area (Å²) in [6.45, 7) is 24.4. The van der Waals surface area contributed by atoms with Crippen LogP contribution in [-0.2, 0) is 9.53 Å². The summed E-state index contributed by atoms with van der Waals surface area (Å²) in [6, 6.07) is 0. The molecular weight excluding hydrogens is 334 g/mol. The Morgan fingerprint density at radius 2 is 2.00 bits per heavy atom. The van der Waals surface area contributed by atoms with Gasteiger partial charge in [0.2, 0.25) is 0 Å². The van der Waals surface area contributed by atoms with Crippen LogP contribution in [0.2, 0.25) is 0 Å². The molecule has 0 aliphatic rings. The van der Waals surface area contributed by atoms with Gasteiger partial charge in [0, 0.05) is 22.2 Å². The van der Waals surface area contributed by atoms with Crippen LogP contribution in [0.25, 0.3) is 0 Å². The Bertz CT molecular complexity index is 543. The molecule has 0 unspecified atom stereocenters. The predicted molar refractivity (Wildman–Crippen MR) is 110 cm³/mol. The van der Waals surface area contributed by atoms with Gasteiger partial charge in [0.25, 0.3) is 0 Å². The number of aryl methyl sites for hydroxylation is 1. The molecule has 0 aliphatic heterocycles. The molecule has 0 aromatic carbocycles. The summed E-state index contributed by atoms with van der Waals surface area (Å²) in [4.78, 5) is 17.1. The molecule has 0 amide bonds. The second-order valence-electron chi connectivity index (χ2n) is 6.44. The maximum atomic E-state index is 8.00. The lowest BCUT2D eigenvalue weighted by molar-refractivity contribution is -0.0979. The average Bonchev–Trinajstić information content (AvgIpc) is 2.94. The summed E-state index contributed by atoms with van der Waals surface area (Å²) < 4.78 is 5.37. The zero-order chi connectivity index (χ0) is 20.0. The van der Waals surface area contributed by atoms with Crippen LogP contribution in [0.3, 0.4) is 0 Å². The minimum absolute atomic E-state index is 0.0250. The number of hydrogen-bond donors (Lipinski definition) is 1. The van der Waals surface area contributed by atoms with E-state index in [2.05, 4.69) is 63.2 Å². The van der Waals surface area contributed by atoms with Gasteiger partial charge in [0.05, 0.1) is 12.8 Å². The molecule has 6 heteroatoms. The number of aromatic nitrogens is 1. The molecule has 0 bridgehead atoms. The Balaban J connectivity index is 0. The number of carbonyl (C=O) groups is 1. The van der Waals surface area contributed by atoms with Crippen LogP contribution in [0.5, 0.6) is 0 Å². The van der Waals surface area contributed by atoms with Crippen molar-refractivity contribution < 1.29 is 9.53 Å². The molecule has 0 atom stereocenters. The Labute approximate surface area is 156 Å². The van der Waals surface area contributed by atoms with Gasteiger partial charge >= 0.3 is 0 Å². The maximum Gasteiger partial charge on any atom is 0.187 e. The summed E-state index contributed by atoms with van der Waals surface area (Å²) in [5, 5.41) is 4.11. The lowest BCUT2D eigenvalue weighted by atomic mass is 9.94. The van der Waals surface area contributed by atoms with Crippen molar-refractivity contribution in [3.8, 4) is 0 Å². The number of carbonyl (C=O) groups excluding carboxylic acids is 1. The molecule has 5 nitrogen and oxygen atoms in total. The third-order valence-electron chi connectivity index (χ3n) is 2.83. The number of rotatable bonds is 6. The third-order valence-corrected chi connectivity index (χ3v) is 3.66. The van der Waals surface area contributed by atoms with Crippen LogP contribution in [0.4, 0.5) is 5.13 Å². The van der Waals surface area contributed by atoms with Gasteiger partial charge in [-0.2, -0.15) is 0 Å². The molecule has 1 rings (SSSR count). The quantitative estimate of drug-likeness (QED) is 0.536. The molecule has 1 heterocycles. The van der Waals surface area contributed by atoms with Crippen molar-refractivity contribution in [1.29, 1.82) is 0 Å². The summed E-state index contributed by atoms with van der Waals surface area (Å²) in [7, 11) is 0. The minimum atomic E-state index is 0.0250. The van der Waals surface area contributed by atoms with Crippen LogP contribution in [0.15, 0.2) is 35.4 Å². The first-order valence-corrected chi connectivity index (χ1v) is 8.89. The van der Waals surface area contributed by atoms with Crippen LogP contribution in [-0.4, -0.2) is 25.1 Å². The van der Waals surface area contributed by atoms with Gasteiger partial charge in [-0.25, -0.2) is 4.98 Å². The van der Waals surface area contributed by atoms with Crippen molar-refractivity contribution in [3.63, 3.8) is 0 Å². The van der Waals surface area contributed by atoms with E-state index in [-0.39, 0.29) is 5.41 Å². The Morgan fingerprint density at radius 3 is 2.32 bits per heavy atom. The zero-order valence-corrected chi connectivity index (χ0v) is 17.5. The van der Waals surface area contributed by atoms with Crippen molar-refractivity contribution in [2.75, 3.05) is 11.9 Å². The summed E-state index contributed by atoms with van der Waals surface area (Å²) in [6.07, 6.45) is 3.53. The van der Waals surface area contributed by atoms with Crippen molar-refractivity contribution >= 4 is 30.0 Å². The molecule has 1 aromatic rings. The number of thiazole rings is 1. The molecule has 0 saturated carbocycles. The SMILES string of the molecule is C=C(Nc1ncc(C)s1)C(C)C.C=N/C=C(\OCC)C(C)(C)C.C=O. The fourth-order valence-corrected chi connectivity index (χ4v) is 2.08. The molecule has 142 valence electrons.